The lowest BCUT2D eigenvalue weighted by atomic mass is 9.99. The molecular formula is C14H20ClNO. The van der Waals surface area contributed by atoms with Crippen molar-refractivity contribution in [3.05, 3.63) is 34.4 Å². The van der Waals surface area contributed by atoms with Crippen molar-refractivity contribution in [3.8, 4) is 0 Å². The maximum absolute atomic E-state index is 12.1. The van der Waals surface area contributed by atoms with Gasteiger partial charge in [0.25, 0.3) is 5.91 Å². The van der Waals surface area contributed by atoms with Crippen LogP contribution in [0.1, 0.15) is 40.4 Å². The van der Waals surface area contributed by atoms with E-state index in [-0.39, 0.29) is 11.9 Å². The second-order valence-corrected chi connectivity index (χ2v) is 5.00. The molecule has 1 rings (SSSR count). The van der Waals surface area contributed by atoms with Gasteiger partial charge < -0.3 is 5.32 Å². The standard InChI is InChI=1S/C14H20ClNO/c1-9-7-10(2)13(11(3)8-9)14(17)16-12(4)5-6-15/h7-8,12H,5-6H2,1-4H3,(H,16,17). The zero-order chi connectivity index (χ0) is 13.0. The Morgan fingerprint density at radius 3 is 2.29 bits per heavy atom. The summed E-state index contributed by atoms with van der Waals surface area (Å²) in [5.74, 6) is 0.561. The average molecular weight is 254 g/mol. The van der Waals surface area contributed by atoms with Gasteiger partial charge in [-0.05, 0) is 45.2 Å². The zero-order valence-electron chi connectivity index (χ0n) is 10.9. The van der Waals surface area contributed by atoms with Gasteiger partial charge in [0.2, 0.25) is 0 Å². The first-order valence-corrected chi connectivity index (χ1v) is 6.43. The summed E-state index contributed by atoms with van der Waals surface area (Å²) in [5.41, 5.74) is 4.03. The van der Waals surface area contributed by atoms with Gasteiger partial charge >= 0.3 is 0 Å². The Morgan fingerprint density at radius 2 is 1.82 bits per heavy atom. The van der Waals surface area contributed by atoms with E-state index in [0.717, 1.165) is 23.1 Å². The second kappa shape index (κ2) is 6.06. The molecule has 2 nitrogen and oxygen atoms in total. The molecule has 3 heteroatoms. The van der Waals surface area contributed by atoms with E-state index in [1.165, 1.54) is 5.56 Å². The monoisotopic (exact) mass is 253 g/mol. The van der Waals surface area contributed by atoms with Crippen LogP contribution in [0.15, 0.2) is 12.1 Å². The lowest BCUT2D eigenvalue weighted by Gasteiger charge is -2.15. The fourth-order valence-corrected chi connectivity index (χ4v) is 2.40. The molecule has 1 amide bonds. The molecule has 0 saturated heterocycles. The maximum Gasteiger partial charge on any atom is 0.252 e. The molecule has 1 aromatic carbocycles. The van der Waals surface area contributed by atoms with Gasteiger partial charge in [-0.25, -0.2) is 0 Å². The molecule has 1 atom stereocenters. The van der Waals surface area contributed by atoms with Crippen molar-refractivity contribution in [3.63, 3.8) is 0 Å². The van der Waals surface area contributed by atoms with E-state index >= 15 is 0 Å². The first-order chi connectivity index (χ1) is 7.95. The van der Waals surface area contributed by atoms with Crippen molar-refractivity contribution in [1.82, 2.24) is 5.32 Å². The molecule has 1 aromatic rings. The SMILES string of the molecule is Cc1cc(C)c(C(=O)NC(C)CCCl)c(C)c1. The van der Waals surface area contributed by atoms with Gasteiger partial charge in [-0.2, -0.15) is 0 Å². The van der Waals surface area contributed by atoms with Crippen LogP contribution in [0.5, 0.6) is 0 Å². The Hall–Kier alpha value is -1.02. The Morgan fingerprint density at radius 1 is 1.29 bits per heavy atom. The molecule has 0 spiro atoms. The molecule has 0 radical (unpaired) electrons. The average Bonchev–Trinajstić information content (AvgIpc) is 2.15. The normalized spacial score (nSPS) is 12.3. The fraction of sp³-hybridized carbons (Fsp3) is 0.500. The minimum atomic E-state index is -0.00221. The van der Waals surface area contributed by atoms with E-state index < -0.39 is 0 Å². The lowest BCUT2D eigenvalue weighted by Crippen LogP contribution is -2.33. The third-order valence-electron chi connectivity index (χ3n) is 2.82. The number of rotatable bonds is 4. The maximum atomic E-state index is 12.1. The van der Waals surface area contributed by atoms with Crippen LogP contribution in [0.25, 0.3) is 0 Å². The number of hydrogen-bond acceptors (Lipinski definition) is 1. The van der Waals surface area contributed by atoms with Crippen molar-refractivity contribution in [2.75, 3.05) is 5.88 Å². The Labute approximate surface area is 108 Å². The number of hydrogen-bond donors (Lipinski definition) is 1. The first-order valence-electron chi connectivity index (χ1n) is 5.90. The molecule has 0 aromatic heterocycles. The predicted molar refractivity (Wildman–Crippen MR) is 72.9 cm³/mol. The first kappa shape index (κ1) is 14.0. The number of nitrogens with one attached hydrogen (secondary N) is 1. The molecule has 1 N–H and O–H groups in total. The van der Waals surface area contributed by atoms with Gasteiger partial charge in [0, 0.05) is 17.5 Å². The van der Waals surface area contributed by atoms with Gasteiger partial charge in [0.1, 0.15) is 0 Å². The molecular weight excluding hydrogens is 234 g/mol. The van der Waals surface area contributed by atoms with E-state index in [2.05, 4.69) is 5.32 Å². The summed E-state index contributed by atoms with van der Waals surface area (Å²) in [6.07, 6.45) is 0.789. The van der Waals surface area contributed by atoms with Crippen LogP contribution < -0.4 is 5.32 Å². The topological polar surface area (TPSA) is 29.1 Å². The summed E-state index contributed by atoms with van der Waals surface area (Å²) in [6, 6.07) is 4.18. The number of amides is 1. The highest BCUT2D eigenvalue weighted by Crippen LogP contribution is 2.16. The summed E-state index contributed by atoms with van der Waals surface area (Å²) in [6.45, 7) is 7.96. The fourth-order valence-electron chi connectivity index (χ4n) is 2.07. The second-order valence-electron chi connectivity index (χ2n) is 4.63. The highest BCUT2D eigenvalue weighted by Gasteiger charge is 2.14. The van der Waals surface area contributed by atoms with E-state index in [1.54, 1.807) is 0 Å². The number of aryl methyl sites for hydroxylation is 3. The van der Waals surface area contributed by atoms with Gasteiger partial charge in [-0.15, -0.1) is 11.6 Å². The Bertz CT molecular complexity index is 392. The van der Waals surface area contributed by atoms with Gasteiger partial charge in [0.05, 0.1) is 0 Å². The minimum absolute atomic E-state index is 0.00221. The molecule has 0 aliphatic heterocycles. The summed E-state index contributed by atoms with van der Waals surface area (Å²) in [7, 11) is 0. The molecule has 0 fully saturated rings. The van der Waals surface area contributed by atoms with E-state index in [4.69, 9.17) is 11.6 Å². The van der Waals surface area contributed by atoms with Crippen LogP contribution in [-0.2, 0) is 0 Å². The molecule has 0 aliphatic carbocycles. The Kier molecular flexibility index (Phi) is 5.01. The predicted octanol–water partition coefficient (Wildman–Crippen LogP) is 3.36. The van der Waals surface area contributed by atoms with E-state index in [9.17, 15) is 4.79 Å². The van der Waals surface area contributed by atoms with E-state index in [1.807, 2.05) is 39.8 Å². The quantitative estimate of drug-likeness (QED) is 0.820. The molecule has 94 valence electrons. The van der Waals surface area contributed by atoms with Gasteiger partial charge in [-0.1, -0.05) is 17.7 Å². The van der Waals surface area contributed by atoms with Crippen LogP contribution in [0.2, 0.25) is 0 Å². The highest BCUT2D eigenvalue weighted by molar-refractivity contribution is 6.17. The van der Waals surface area contributed by atoms with Crippen molar-refractivity contribution in [2.24, 2.45) is 0 Å². The largest absolute Gasteiger partial charge is 0.350 e. The number of carbonyl (C=O) groups excluding carboxylic acids is 1. The summed E-state index contributed by atoms with van der Waals surface area (Å²) in [4.78, 5) is 12.1. The number of carbonyl (C=O) groups is 1. The van der Waals surface area contributed by atoms with Crippen LogP contribution in [0.3, 0.4) is 0 Å². The zero-order valence-corrected chi connectivity index (χ0v) is 11.7. The lowest BCUT2D eigenvalue weighted by molar-refractivity contribution is 0.0938. The summed E-state index contributed by atoms with van der Waals surface area (Å²) >= 11 is 5.66. The van der Waals surface area contributed by atoms with Crippen LogP contribution >= 0.6 is 11.6 Å². The number of benzene rings is 1. The number of halogens is 1. The molecule has 1 unspecified atom stereocenters. The molecule has 0 saturated carbocycles. The molecule has 17 heavy (non-hydrogen) atoms. The molecule has 0 aliphatic rings. The van der Waals surface area contributed by atoms with Crippen molar-refractivity contribution in [1.29, 1.82) is 0 Å². The third-order valence-corrected chi connectivity index (χ3v) is 3.04. The smallest absolute Gasteiger partial charge is 0.252 e. The molecule has 0 bridgehead atoms. The van der Waals surface area contributed by atoms with E-state index in [0.29, 0.717) is 5.88 Å². The van der Waals surface area contributed by atoms with Gasteiger partial charge in [0.15, 0.2) is 0 Å². The highest BCUT2D eigenvalue weighted by atomic mass is 35.5. The van der Waals surface area contributed by atoms with Crippen LogP contribution in [-0.4, -0.2) is 17.8 Å². The minimum Gasteiger partial charge on any atom is -0.350 e. The summed E-state index contributed by atoms with van der Waals surface area (Å²) in [5, 5.41) is 2.97. The van der Waals surface area contributed by atoms with Gasteiger partial charge in [-0.3, -0.25) is 4.79 Å². The molecule has 0 heterocycles. The van der Waals surface area contributed by atoms with Crippen LogP contribution in [0.4, 0.5) is 0 Å². The number of alkyl halides is 1. The Balaban J connectivity index is 2.89. The summed E-state index contributed by atoms with van der Waals surface area (Å²) < 4.78 is 0. The van der Waals surface area contributed by atoms with Crippen molar-refractivity contribution in [2.45, 2.75) is 40.2 Å². The van der Waals surface area contributed by atoms with Crippen molar-refractivity contribution >= 4 is 17.5 Å². The third kappa shape index (κ3) is 3.74. The van der Waals surface area contributed by atoms with Crippen LogP contribution in [0, 0.1) is 20.8 Å². The van der Waals surface area contributed by atoms with Crippen molar-refractivity contribution < 1.29 is 4.79 Å².